The van der Waals surface area contributed by atoms with Crippen molar-refractivity contribution in [3.8, 4) is 0 Å². The van der Waals surface area contributed by atoms with E-state index in [1.165, 1.54) is 64.2 Å². The van der Waals surface area contributed by atoms with Crippen molar-refractivity contribution in [1.29, 1.82) is 0 Å². The fourth-order valence-electron chi connectivity index (χ4n) is 7.69. The second-order valence-corrected chi connectivity index (χ2v) is 19.4. The number of aliphatic hydroxyl groups is 5. The van der Waals surface area contributed by atoms with Crippen LogP contribution in [-0.2, 0) is 32.7 Å². The van der Waals surface area contributed by atoms with Crippen molar-refractivity contribution < 1.29 is 63.1 Å². The van der Waals surface area contributed by atoms with Crippen molar-refractivity contribution in [3.63, 3.8) is 0 Å². The van der Waals surface area contributed by atoms with Gasteiger partial charge in [-0.1, -0.05) is 177 Å². The monoisotopic (exact) mass is 969 g/mol. The number of phosphoric acid groups is 1. The number of hydrogen-bond donors (Lipinski definition) is 6. The average Bonchev–Trinajstić information content (AvgIpc) is 3.31. The molecule has 0 aromatic carbocycles. The molecule has 6 atom stereocenters. The number of aliphatic hydroxyl groups excluding tert-OH is 5. The summed E-state index contributed by atoms with van der Waals surface area (Å²) in [5, 5.41) is 50.3. The fourth-order valence-corrected chi connectivity index (χ4v) is 8.66. The Morgan fingerprint density at radius 2 is 0.851 bits per heavy atom. The van der Waals surface area contributed by atoms with Crippen LogP contribution in [-0.4, -0.2) is 98.3 Å². The van der Waals surface area contributed by atoms with Gasteiger partial charge in [0.2, 0.25) is 0 Å². The van der Waals surface area contributed by atoms with Crippen molar-refractivity contribution in [1.82, 2.24) is 0 Å². The molecule has 6 unspecified atom stereocenters. The number of phosphoric ester groups is 1. The van der Waals surface area contributed by atoms with E-state index in [4.69, 9.17) is 18.5 Å². The third-order valence-corrected chi connectivity index (χ3v) is 12.8. The summed E-state index contributed by atoms with van der Waals surface area (Å²) in [5.74, 6) is -1.11. The van der Waals surface area contributed by atoms with Crippen LogP contribution in [0.2, 0.25) is 0 Å². The van der Waals surface area contributed by atoms with Gasteiger partial charge in [-0.3, -0.25) is 18.6 Å². The maximum absolute atomic E-state index is 12.9. The van der Waals surface area contributed by atoms with E-state index in [0.29, 0.717) is 12.8 Å². The van der Waals surface area contributed by atoms with E-state index in [1.807, 2.05) is 0 Å². The second kappa shape index (κ2) is 42.4. The Bertz CT molecular complexity index is 1400. The van der Waals surface area contributed by atoms with Gasteiger partial charge in [-0.25, -0.2) is 4.57 Å². The number of carbonyl (C=O) groups is 2. The first-order chi connectivity index (χ1) is 32.4. The molecule has 0 aliphatic heterocycles. The molecule has 1 rings (SSSR count). The maximum Gasteiger partial charge on any atom is 0.472 e. The Balaban J connectivity index is 2.40. The Labute approximate surface area is 404 Å². The molecule has 6 N–H and O–H groups in total. The minimum atomic E-state index is -5.13. The van der Waals surface area contributed by atoms with Gasteiger partial charge in [-0.05, 0) is 77.0 Å². The lowest BCUT2D eigenvalue weighted by molar-refractivity contribution is -0.220. The molecule has 0 radical (unpaired) electrons. The lowest BCUT2D eigenvalue weighted by Crippen LogP contribution is -2.64. The summed E-state index contributed by atoms with van der Waals surface area (Å²) in [7, 11) is -5.13. The molecule has 0 bridgehead atoms. The highest BCUT2D eigenvalue weighted by molar-refractivity contribution is 7.47. The first kappa shape index (κ1) is 62.6. The summed E-state index contributed by atoms with van der Waals surface area (Å²) in [6.07, 6.45) is 39.7. The van der Waals surface area contributed by atoms with Gasteiger partial charge in [0.1, 0.15) is 43.2 Å². The number of carbonyl (C=O) groups excluding carboxylic acids is 2. The third-order valence-electron chi connectivity index (χ3n) is 11.8. The first-order valence-electron chi connectivity index (χ1n) is 26.1. The lowest BCUT2D eigenvalue weighted by atomic mass is 9.85. The molecule has 1 saturated carbocycles. The summed E-state index contributed by atoms with van der Waals surface area (Å²) < 4.78 is 33.7. The fraction of sp³-hybridized carbons (Fsp3) is 0.774. The second-order valence-electron chi connectivity index (χ2n) is 18.0. The van der Waals surface area contributed by atoms with Gasteiger partial charge in [0.15, 0.2) is 6.10 Å². The normalized spacial score (nSPS) is 21.6. The number of unbranched alkanes of at least 4 members (excludes halogenated alkanes) is 21. The zero-order chi connectivity index (χ0) is 49.2. The minimum absolute atomic E-state index is 0.0844. The van der Waals surface area contributed by atoms with Crippen molar-refractivity contribution in [2.24, 2.45) is 0 Å². The third kappa shape index (κ3) is 34.5. The number of esters is 2. The van der Waals surface area contributed by atoms with Crippen LogP contribution in [0.3, 0.4) is 0 Å². The molecule has 1 aliphatic carbocycles. The van der Waals surface area contributed by atoms with Gasteiger partial charge >= 0.3 is 19.8 Å². The van der Waals surface area contributed by atoms with Crippen LogP contribution in [0.25, 0.3) is 0 Å². The van der Waals surface area contributed by atoms with Crippen molar-refractivity contribution >= 4 is 19.8 Å². The van der Waals surface area contributed by atoms with Gasteiger partial charge in [-0.2, -0.15) is 0 Å². The topological polar surface area (TPSA) is 210 Å². The van der Waals surface area contributed by atoms with Gasteiger partial charge in [0, 0.05) is 12.8 Å². The van der Waals surface area contributed by atoms with E-state index in [0.717, 1.165) is 103 Å². The van der Waals surface area contributed by atoms with Gasteiger partial charge in [0.05, 0.1) is 6.61 Å². The molecule has 14 heteroatoms. The molecule has 0 aromatic heterocycles. The van der Waals surface area contributed by atoms with E-state index in [2.05, 4.69) is 74.6 Å². The van der Waals surface area contributed by atoms with E-state index in [9.17, 15) is 44.6 Å². The highest BCUT2D eigenvalue weighted by Gasteiger charge is 2.51. The molecule has 13 nitrogen and oxygen atoms in total. The zero-order valence-corrected chi connectivity index (χ0v) is 42.3. The molecule has 0 heterocycles. The number of allylic oxidation sites excluding steroid dienone is 10. The Morgan fingerprint density at radius 1 is 0.478 bits per heavy atom. The highest BCUT2D eigenvalue weighted by atomic mass is 31.2. The van der Waals surface area contributed by atoms with Gasteiger partial charge in [-0.15, -0.1) is 0 Å². The van der Waals surface area contributed by atoms with Crippen LogP contribution in [0.15, 0.2) is 60.8 Å². The highest BCUT2D eigenvalue weighted by Crippen LogP contribution is 2.47. The molecule has 1 aliphatic rings. The standard InChI is InChI=1S/C53H93O13P/c1-3-5-7-9-11-13-15-17-19-21-22-23-24-26-28-30-32-34-36-38-40-42-47(55)65-45(44-64-67(61,62)66-53-51(59)49(57)48(56)50(58)52(53)60)43-63-46(54)41-39-37-35-33-31-29-27-25-20-18-16-14-12-10-8-6-4-2/h5,7,11,13,17-20,22-23,45,48-53,56-60H,3-4,6,8-10,12,14-16,21,24-44H2,1-2H3,(H,61,62)/b7-5-,13-11-,19-17-,20-18-,23-22-. The zero-order valence-electron chi connectivity index (χ0n) is 41.4. The molecule has 0 amide bonds. The number of ether oxygens (including phenoxy) is 2. The number of hydrogen-bond acceptors (Lipinski definition) is 12. The van der Waals surface area contributed by atoms with E-state index >= 15 is 0 Å². The van der Waals surface area contributed by atoms with Crippen LogP contribution < -0.4 is 0 Å². The van der Waals surface area contributed by atoms with Crippen LogP contribution in [0.5, 0.6) is 0 Å². The summed E-state index contributed by atoms with van der Waals surface area (Å²) in [6, 6.07) is 0. The smallest absolute Gasteiger partial charge is 0.462 e. The first-order valence-corrected chi connectivity index (χ1v) is 27.6. The van der Waals surface area contributed by atoms with Crippen LogP contribution in [0, 0.1) is 0 Å². The van der Waals surface area contributed by atoms with Crippen molar-refractivity contribution in [2.75, 3.05) is 13.2 Å². The van der Waals surface area contributed by atoms with E-state index in [1.54, 1.807) is 0 Å². The summed E-state index contributed by atoms with van der Waals surface area (Å²) in [4.78, 5) is 35.9. The molecule has 1 fully saturated rings. The molecule has 0 saturated heterocycles. The number of rotatable bonds is 43. The Hall–Kier alpha value is -2.45. The molecule has 67 heavy (non-hydrogen) atoms. The molecular formula is C53H93O13P. The SMILES string of the molecule is CC/C=C\C/C=C\C/C=C\C/C=C\CCCCCCCCCCC(=O)OC(COC(=O)CCCCCCCCC/C=C\CCCCCCCC)COP(=O)(O)OC1C(O)C(O)C(O)C(O)C1O. The van der Waals surface area contributed by atoms with E-state index in [-0.39, 0.29) is 12.8 Å². The van der Waals surface area contributed by atoms with Gasteiger partial charge in [0.25, 0.3) is 0 Å². The molecule has 0 aromatic rings. The predicted octanol–water partition coefficient (Wildman–Crippen LogP) is 11.3. The Kier molecular flexibility index (Phi) is 39.6. The maximum atomic E-state index is 12.9. The quantitative estimate of drug-likeness (QED) is 0.0146. The minimum Gasteiger partial charge on any atom is -0.462 e. The van der Waals surface area contributed by atoms with E-state index < -0.39 is 75.7 Å². The summed E-state index contributed by atoms with van der Waals surface area (Å²) in [6.45, 7) is 3.19. The average molecular weight is 969 g/mol. The summed E-state index contributed by atoms with van der Waals surface area (Å²) in [5.41, 5.74) is 0. The largest absolute Gasteiger partial charge is 0.472 e. The Morgan fingerprint density at radius 3 is 1.31 bits per heavy atom. The summed E-state index contributed by atoms with van der Waals surface area (Å²) >= 11 is 0. The molecular weight excluding hydrogens is 876 g/mol. The van der Waals surface area contributed by atoms with Gasteiger partial charge < -0.3 is 39.9 Å². The van der Waals surface area contributed by atoms with Crippen molar-refractivity contribution in [2.45, 2.75) is 249 Å². The molecule has 388 valence electrons. The molecule has 0 spiro atoms. The predicted molar refractivity (Wildman–Crippen MR) is 267 cm³/mol. The van der Waals surface area contributed by atoms with Crippen LogP contribution in [0.1, 0.15) is 206 Å². The van der Waals surface area contributed by atoms with Crippen LogP contribution >= 0.6 is 7.82 Å². The lowest BCUT2D eigenvalue weighted by Gasteiger charge is -2.41. The van der Waals surface area contributed by atoms with Crippen LogP contribution in [0.4, 0.5) is 0 Å². The van der Waals surface area contributed by atoms with Crippen molar-refractivity contribution in [3.05, 3.63) is 60.8 Å².